The van der Waals surface area contributed by atoms with E-state index >= 15 is 0 Å². The Morgan fingerprint density at radius 3 is 2.54 bits per heavy atom. The summed E-state index contributed by atoms with van der Waals surface area (Å²) in [4.78, 5) is 0. The first-order valence-corrected chi connectivity index (χ1v) is 6.43. The molecule has 2 heteroatoms. The van der Waals surface area contributed by atoms with Crippen molar-refractivity contribution in [2.75, 3.05) is 5.33 Å². The maximum absolute atomic E-state index is 5.84. The molecule has 0 radical (unpaired) electrons. The molecule has 0 aromatic carbocycles. The van der Waals surface area contributed by atoms with E-state index in [-0.39, 0.29) is 0 Å². The lowest BCUT2D eigenvalue weighted by Gasteiger charge is -2.28. The van der Waals surface area contributed by atoms with E-state index in [1.54, 1.807) is 0 Å². The van der Waals surface area contributed by atoms with Crippen molar-refractivity contribution in [3.63, 3.8) is 0 Å². The van der Waals surface area contributed by atoms with Crippen molar-refractivity contribution in [3.05, 3.63) is 0 Å². The molecule has 3 unspecified atom stereocenters. The summed E-state index contributed by atoms with van der Waals surface area (Å²) in [6.45, 7) is 6.78. The molecule has 3 atom stereocenters. The predicted octanol–water partition coefficient (Wildman–Crippen LogP) is 3.76. The second-order valence-electron chi connectivity index (χ2n) is 4.65. The van der Waals surface area contributed by atoms with Crippen LogP contribution in [0.25, 0.3) is 0 Å². The minimum Gasteiger partial charge on any atom is -0.375 e. The van der Waals surface area contributed by atoms with Crippen molar-refractivity contribution >= 4 is 15.9 Å². The molecule has 1 heterocycles. The van der Waals surface area contributed by atoms with Gasteiger partial charge in [0.2, 0.25) is 0 Å². The zero-order valence-electron chi connectivity index (χ0n) is 8.98. The molecule has 78 valence electrons. The lowest BCUT2D eigenvalue weighted by molar-refractivity contribution is 0.0289. The molecule has 0 amide bonds. The first-order chi connectivity index (χ1) is 6.09. The number of ether oxygens (including phenoxy) is 1. The summed E-state index contributed by atoms with van der Waals surface area (Å²) < 4.78 is 5.84. The van der Waals surface area contributed by atoms with Crippen LogP contribution in [0, 0.1) is 5.41 Å². The van der Waals surface area contributed by atoms with Crippen LogP contribution < -0.4 is 0 Å². The normalized spacial score (nSPS) is 33.2. The molecule has 1 nitrogen and oxygen atoms in total. The van der Waals surface area contributed by atoms with Crippen LogP contribution in [0.5, 0.6) is 0 Å². The van der Waals surface area contributed by atoms with Crippen LogP contribution in [-0.4, -0.2) is 17.5 Å². The average molecular weight is 249 g/mol. The molecule has 13 heavy (non-hydrogen) atoms. The second kappa shape index (κ2) is 4.79. The van der Waals surface area contributed by atoms with Crippen molar-refractivity contribution in [2.45, 2.75) is 58.7 Å². The highest BCUT2D eigenvalue weighted by molar-refractivity contribution is 9.09. The van der Waals surface area contributed by atoms with Gasteiger partial charge in [0.1, 0.15) is 0 Å². The Morgan fingerprint density at radius 2 is 2.15 bits per heavy atom. The van der Waals surface area contributed by atoms with Gasteiger partial charge in [-0.3, -0.25) is 0 Å². The molecule has 1 rings (SSSR count). The summed E-state index contributed by atoms with van der Waals surface area (Å²) >= 11 is 3.60. The fourth-order valence-electron chi connectivity index (χ4n) is 1.88. The Kier molecular flexibility index (Phi) is 4.24. The van der Waals surface area contributed by atoms with Gasteiger partial charge in [-0.05, 0) is 38.0 Å². The Balaban J connectivity index is 2.38. The zero-order valence-corrected chi connectivity index (χ0v) is 10.6. The largest absolute Gasteiger partial charge is 0.375 e. The molecule has 1 aliphatic heterocycles. The summed E-state index contributed by atoms with van der Waals surface area (Å²) in [5.74, 6) is 0. The third-order valence-electron chi connectivity index (χ3n) is 3.22. The van der Waals surface area contributed by atoms with Crippen LogP contribution in [0.2, 0.25) is 0 Å². The monoisotopic (exact) mass is 248 g/mol. The van der Waals surface area contributed by atoms with Crippen LogP contribution in [-0.2, 0) is 4.74 Å². The van der Waals surface area contributed by atoms with E-state index in [1.165, 1.54) is 25.7 Å². The van der Waals surface area contributed by atoms with E-state index in [0.29, 0.717) is 17.6 Å². The minimum atomic E-state index is 0.425. The van der Waals surface area contributed by atoms with Crippen LogP contribution in [0.3, 0.4) is 0 Å². The zero-order chi connectivity index (χ0) is 9.90. The van der Waals surface area contributed by atoms with Gasteiger partial charge in [-0.25, -0.2) is 0 Å². The molecule has 1 saturated heterocycles. The van der Waals surface area contributed by atoms with Crippen LogP contribution >= 0.6 is 15.9 Å². The topological polar surface area (TPSA) is 9.23 Å². The van der Waals surface area contributed by atoms with Crippen LogP contribution in [0.15, 0.2) is 0 Å². The summed E-state index contributed by atoms with van der Waals surface area (Å²) in [5.41, 5.74) is 0.425. The first kappa shape index (κ1) is 11.5. The molecule has 0 aromatic heterocycles. The molecular formula is C11H21BrO. The Labute approximate surface area is 90.4 Å². The summed E-state index contributed by atoms with van der Waals surface area (Å²) in [6.07, 6.45) is 5.93. The van der Waals surface area contributed by atoms with Crippen molar-refractivity contribution < 1.29 is 4.74 Å². The number of alkyl halides is 1. The second-order valence-corrected chi connectivity index (χ2v) is 5.21. The molecule has 1 fully saturated rings. The maximum atomic E-state index is 5.84. The third-order valence-corrected chi connectivity index (χ3v) is 4.57. The van der Waals surface area contributed by atoms with Gasteiger partial charge in [-0.15, -0.1) is 0 Å². The van der Waals surface area contributed by atoms with E-state index in [9.17, 15) is 0 Å². The SMILES string of the molecule is CCC(C)(CBr)CC1CCC(C)O1. The fraction of sp³-hybridized carbons (Fsp3) is 1.00. The minimum absolute atomic E-state index is 0.425. The summed E-state index contributed by atoms with van der Waals surface area (Å²) in [6, 6.07) is 0. The van der Waals surface area contributed by atoms with E-state index in [4.69, 9.17) is 4.74 Å². The third kappa shape index (κ3) is 3.25. The summed E-state index contributed by atoms with van der Waals surface area (Å²) in [7, 11) is 0. The number of halogens is 1. The molecule has 0 aromatic rings. The highest BCUT2D eigenvalue weighted by atomic mass is 79.9. The van der Waals surface area contributed by atoms with Gasteiger partial charge < -0.3 is 4.74 Å². The molecule has 1 aliphatic rings. The smallest absolute Gasteiger partial charge is 0.0585 e. The highest BCUT2D eigenvalue weighted by Gasteiger charge is 2.30. The molecule has 0 N–H and O–H groups in total. The Morgan fingerprint density at radius 1 is 1.46 bits per heavy atom. The number of rotatable bonds is 4. The number of hydrogen-bond acceptors (Lipinski definition) is 1. The van der Waals surface area contributed by atoms with Crippen LogP contribution in [0.1, 0.15) is 46.5 Å². The average Bonchev–Trinajstić information content (AvgIpc) is 2.51. The Bertz CT molecular complexity index is 154. The lowest BCUT2D eigenvalue weighted by atomic mass is 9.83. The van der Waals surface area contributed by atoms with Crippen molar-refractivity contribution in [1.82, 2.24) is 0 Å². The van der Waals surface area contributed by atoms with E-state index < -0.39 is 0 Å². The van der Waals surface area contributed by atoms with Gasteiger partial charge in [0.25, 0.3) is 0 Å². The summed E-state index contributed by atoms with van der Waals surface area (Å²) in [5, 5.41) is 1.09. The maximum Gasteiger partial charge on any atom is 0.0585 e. The quantitative estimate of drug-likeness (QED) is 0.689. The Hall–Kier alpha value is 0.440. The van der Waals surface area contributed by atoms with E-state index in [1.807, 2.05) is 0 Å². The molecule has 0 spiro atoms. The van der Waals surface area contributed by atoms with Gasteiger partial charge in [-0.2, -0.15) is 0 Å². The van der Waals surface area contributed by atoms with Crippen LogP contribution in [0.4, 0.5) is 0 Å². The lowest BCUT2D eigenvalue weighted by Crippen LogP contribution is -2.24. The van der Waals surface area contributed by atoms with Gasteiger partial charge in [0, 0.05) is 5.33 Å². The van der Waals surface area contributed by atoms with Gasteiger partial charge in [0.15, 0.2) is 0 Å². The van der Waals surface area contributed by atoms with Crippen molar-refractivity contribution in [3.8, 4) is 0 Å². The number of hydrogen-bond donors (Lipinski definition) is 0. The first-order valence-electron chi connectivity index (χ1n) is 5.31. The van der Waals surface area contributed by atoms with Gasteiger partial charge >= 0.3 is 0 Å². The van der Waals surface area contributed by atoms with Crippen molar-refractivity contribution in [1.29, 1.82) is 0 Å². The van der Waals surface area contributed by atoms with Crippen molar-refractivity contribution in [2.24, 2.45) is 5.41 Å². The predicted molar refractivity (Wildman–Crippen MR) is 60.4 cm³/mol. The highest BCUT2D eigenvalue weighted by Crippen LogP contribution is 2.34. The fourth-order valence-corrected chi connectivity index (χ4v) is 2.50. The van der Waals surface area contributed by atoms with E-state index in [0.717, 1.165) is 5.33 Å². The molecule has 0 aliphatic carbocycles. The molecule has 0 bridgehead atoms. The standard InChI is InChI=1S/C11H21BrO/c1-4-11(3,8-12)7-10-6-5-9(2)13-10/h9-10H,4-8H2,1-3H3. The van der Waals surface area contributed by atoms with E-state index in [2.05, 4.69) is 36.7 Å². The van der Waals surface area contributed by atoms with Gasteiger partial charge in [0.05, 0.1) is 12.2 Å². The molecule has 0 saturated carbocycles. The molecular weight excluding hydrogens is 228 g/mol. The van der Waals surface area contributed by atoms with Gasteiger partial charge in [-0.1, -0.05) is 29.8 Å².